The Labute approximate surface area is 123 Å². The van der Waals surface area contributed by atoms with Crippen LogP contribution in [-0.4, -0.2) is 24.6 Å². The van der Waals surface area contributed by atoms with Crippen molar-refractivity contribution < 1.29 is 14.3 Å². The van der Waals surface area contributed by atoms with Crippen molar-refractivity contribution in [1.29, 1.82) is 0 Å². The minimum atomic E-state index is -0.227. The number of hydrogen-bond donors (Lipinski definition) is 1. The number of benzene rings is 1. The second-order valence-electron chi connectivity index (χ2n) is 4.33. The van der Waals surface area contributed by atoms with Crippen molar-refractivity contribution in [1.82, 2.24) is 4.98 Å². The molecule has 5 nitrogen and oxygen atoms in total. The number of nitrogens with zero attached hydrogens (tertiary/aromatic N) is 1. The molecule has 1 amide bonds. The summed E-state index contributed by atoms with van der Waals surface area (Å²) in [4.78, 5) is 16.4. The quantitative estimate of drug-likeness (QED) is 0.887. The number of ether oxygens (including phenoxy) is 2. The molecule has 0 fully saturated rings. The number of anilines is 1. The molecule has 2 rings (SSSR count). The minimum absolute atomic E-state index is 0.227. The molecular formula is C16H18N2O3. The second-order valence-corrected chi connectivity index (χ2v) is 4.33. The molecule has 1 aromatic carbocycles. The number of amides is 1. The van der Waals surface area contributed by atoms with Crippen LogP contribution in [0.1, 0.15) is 23.0 Å². The summed E-state index contributed by atoms with van der Waals surface area (Å²) in [5.41, 5.74) is 1.91. The summed E-state index contributed by atoms with van der Waals surface area (Å²) in [6, 6.07) is 10.8. The van der Waals surface area contributed by atoms with Crippen molar-refractivity contribution in [2.45, 2.75) is 13.5 Å². The molecule has 0 aliphatic rings. The van der Waals surface area contributed by atoms with E-state index in [1.165, 1.54) is 0 Å². The Morgan fingerprint density at radius 1 is 1.24 bits per heavy atom. The fourth-order valence-corrected chi connectivity index (χ4v) is 1.79. The topological polar surface area (TPSA) is 60.5 Å². The predicted octanol–water partition coefficient (Wildman–Crippen LogP) is 2.88. The molecule has 0 aliphatic heterocycles. The van der Waals surface area contributed by atoms with Gasteiger partial charge in [-0.3, -0.25) is 9.78 Å². The van der Waals surface area contributed by atoms with Gasteiger partial charge in [0.1, 0.15) is 5.75 Å². The Kier molecular flexibility index (Phi) is 5.29. The summed E-state index contributed by atoms with van der Waals surface area (Å²) in [5, 5.41) is 2.81. The van der Waals surface area contributed by atoms with Crippen LogP contribution in [0.3, 0.4) is 0 Å². The van der Waals surface area contributed by atoms with Gasteiger partial charge in [0.05, 0.1) is 30.7 Å². The van der Waals surface area contributed by atoms with Crippen LogP contribution in [-0.2, 0) is 11.3 Å². The highest BCUT2D eigenvalue weighted by Gasteiger charge is 2.09. The van der Waals surface area contributed by atoms with Crippen LogP contribution in [0.25, 0.3) is 0 Å². The smallest absolute Gasteiger partial charge is 0.257 e. The van der Waals surface area contributed by atoms with Crippen LogP contribution >= 0.6 is 0 Å². The van der Waals surface area contributed by atoms with E-state index in [1.54, 1.807) is 37.6 Å². The molecule has 0 atom stereocenters. The number of pyridine rings is 1. The second kappa shape index (κ2) is 7.40. The van der Waals surface area contributed by atoms with Gasteiger partial charge in [-0.05, 0) is 31.2 Å². The molecule has 110 valence electrons. The minimum Gasteiger partial charge on any atom is -0.495 e. The SMILES string of the molecule is CCOCc1ccc(C(=O)Nc2ccccc2OC)cn1. The molecule has 21 heavy (non-hydrogen) atoms. The average molecular weight is 286 g/mol. The highest BCUT2D eigenvalue weighted by molar-refractivity contribution is 6.04. The van der Waals surface area contributed by atoms with Crippen LogP contribution in [0.4, 0.5) is 5.69 Å². The van der Waals surface area contributed by atoms with E-state index in [1.807, 2.05) is 19.1 Å². The van der Waals surface area contributed by atoms with Crippen molar-refractivity contribution in [3.63, 3.8) is 0 Å². The van der Waals surface area contributed by atoms with Gasteiger partial charge in [-0.15, -0.1) is 0 Å². The first-order chi connectivity index (χ1) is 10.2. The molecule has 1 heterocycles. The van der Waals surface area contributed by atoms with Gasteiger partial charge < -0.3 is 14.8 Å². The Morgan fingerprint density at radius 3 is 2.71 bits per heavy atom. The number of hydrogen-bond acceptors (Lipinski definition) is 4. The monoisotopic (exact) mass is 286 g/mol. The van der Waals surface area contributed by atoms with Gasteiger partial charge in [0.2, 0.25) is 0 Å². The Hall–Kier alpha value is -2.40. The zero-order chi connectivity index (χ0) is 15.1. The van der Waals surface area contributed by atoms with Gasteiger partial charge in [0.15, 0.2) is 0 Å². The molecule has 2 aromatic rings. The molecule has 0 aliphatic carbocycles. The molecule has 0 radical (unpaired) electrons. The molecule has 0 saturated heterocycles. The van der Waals surface area contributed by atoms with E-state index in [0.717, 1.165) is 5.69 Å². The number of nitrogens with one attached hydrogen (secondary N) is 1. The first-order valence-corrected chi connectivity index (χ1v) is 6.71. The van der Waals surface area contributed by atoms with Crippen molar-refractivity contribution >= 4 is 11.6 Å². The lowest BCUT2D eigenvalue weighted by Crippen LogP contribution is -2.13. The van der Waals surface area contributed by atoms with E-state index < -0.39 is 0 Å². The standard InChI is InChI=1S/C16H18N2O3/c1-3-21-11-13-9-8-12(10-17-13)16(19)18-14-6-4-5-7-15(14)20-2/h4-10H,3,11H2,1-2H3,(H,18,19). The van der Waals surface area contributed by atoms with Crippen LogP contribution in [0.5, 0.6) is 5.75 Å². The molecule has 5 heteroatoms. The number of carbonyl (C=O) groups is 1. The van der Waals surface area contributed by atoms with E-state index >= 15 is 0 Å². The van der Waals surface area contributed by atoms with E-state index in [0.29, 0.717) is 30.2 Å². The lowest BCUT2D eigenvalue weighted by molar-refractivity contribution is 0.102. The lowest BCUT2D eigenvalue weighted by atomic mass is 10.2. The number of methoxy groups -OCH3 is 1. The maximum atomic E-state index is 12.2. The van der Waals surface area contributed by atoms with Crippen LogP contribution in [0.2, 0.25) is 0 Å². The van der Waals surface area contributed by atoms with Gasteiger partial charge in [0.25, 0.3) is 5.91 Å². The van der Waals surface area contributed by atoms with Crippen molar-refractivity contribution in [2.24, 2.45) is 0 Å². The first-order valence-electron chi connectivity index (χ1n) is 6.71. The summed E-state index contributed by atoms with van der Waals surface area (Å²) >= 11 is 0. The average Bonchev–Trinajstić information content (AvgIpc) is 2.54. The highest BCUT2D eigenvalue weighted by atomic mass is 16.5. The Bertz CT molecular complexity index is 597. The van der Waals surface area contributed by atoms with E-state index in [2.05, 4.69) is 10.3 Å². The summed E-state index contributed by atoms with van der Waals surface area (Å²) in [7, 11) is 1.56. The predicted molar refractivity (Wildman–Crippen MR) is 80.5 cm³/mol. The van der Waals surface area contributed by atoms with Crippen molar-refractivity contribution in [3.05, 3.63) is 53.9 Å². The largest absolute Gasteiger partial charge is 0.495 e. The van der Waals surface area contributed by atoms with Gasteiger partial charge in [-0.25, -0.2) is 0 Å². The fraction of sp³-hybridized carbons (Fsp3) is 0.250. The number of para-hydroxylation sites is 2. The first kappa shape index (κ1) is 15.0. The number of aromatic nitrogens is 1. The van der Waals surface area contributed by atoms with Crippen molar-refractivity contribution in [3.8, 4) is 5.75 Å². The normalized spacial score (nSPS) is 10.2. The van der Waals surface area contributed by atoms with Crippen molar-refractivity contribution in [2.75, 3.05) is 19.0 Å². The lowest BCUT2D eigenvalue weighted by Gasteiger charge is -2.09. The number of rotatable bonds is 6. The number of carbonyl (C=O) groups excluding carboxylic acids is 1. The highest BCUT2D eigenvalue weighted by Crippen LogP contribution is 2.23. The maximum Gasteiger partial charge on any atom is 0.257 e. The molecule has 0 saturated carbocycles. The van der Waals surface area contributed by atoms with Crippen LogP contribution < -0.4 is 10.1 Å². The summed E-state index contributed by atoms with van der Waals surface area (Å²) < 4.78 is 10.5. The molecular weight excluding hydrogens is 268 g/mol. The fourth-order valence-electron chi connectivity index (χ4n) is 1.79. The van der Waals surface area contributed by atoms with E-state index in [4.69, 9.17) is 9.47 Å². The third kappa shape index (κ3) is 4.03. The summed E-state index contributed by atoms with van der Waals surface area (Å²) in [6.07, 6.45) is 1.54. The zero-order valence-corrected chi connectivity index (χ0v) is 12.1. The molecule has 0 unspecified atom stereocenters. The molecule has 1 aromatic heterocycles. The van der Waals surface area contributed by atoms with E-state index in [-0.39, 0.29) is 5.91 Å². The Balaban J connectivity index is 2.06. The molecule has 0 spiro atoms. The third-order valence-corrected chi connectivity index (χ3v) is 2.90. The Morgan fingerprint density at radius 2 is 2.05 bits per heavy atom. The molecule has 1 N–H and O–H groups in total. The third-order valence-electron chi connectivity index (χ3n) is 2.90. The maximum absolute atomic E-state index is 12.2. The van der Waals surface area contributed by atoms with Crippen LogP contribution in [0, 0.1) is 0 Å². The van der Waals surface area contributed by atoms with Crippen LogP contribution in [0.15, 0.2) is 42.6 Å². The van der Waals surface area contributed by atoms with Gasteiger partial charge in [-0.2, -0.15) is 0 Å². The molecule has 0 bridgehead atoms. The van der Waals surface area contributed by atoms with Gasteiger partial charge in [0, 0.05) is 12.8 Å². The van der Waals surface area contributed by atoms with E-state index in [9.17, 15) is 4.79 Å². The van der Waals surface area contributed by atoms with Gasteiger partial charge in [-0.1, -0.05) is 12.1 Å². The van der Waals surface area contributed by atoms with Gasteiger partial charge >= 0.3 is 0 Å². The summed E-state index contributed by atoms with van der Waals surface area (Å²) in [5.74, 6) is 0.390. The zero-order valence-electron chi connectivity index (χ0n) is 12.1. The summed E-state index contributed by atoms with van der Waals surface area (Å²) in [6.45, 7) is 3.01.